The lowest BCUT2D eigenvalue weighted by Crippen LogP contribution is -2.34. The molecule has 0 bridgehead atoms. The van der Waals surface area contributed by atoms with Crippen LogP contribution >= 0.6 is 27.5 Å². The van der Waals surface area contributed by atoms with Crippen molar-refractivity contribution in [3.63, 3.8) is 0 Å². The van der Waals surface area contributed by atoms with Gasteiger partial charge in [0.25, 0.3) is 0 Å². The molecule has 0 aromatic heterocycles. The number of nitrogens with one attached hydrogen (secondary N) is 1. The second-order valence-corrected chi connectivity index (χ2v) is 6.78. The molecule has 3 rings (SSSR count). The quantitative estimate of drug-likeness (QED) is 0.741. The third kappa shape index (κ3) is 2.87. The van der Waals surface area contributed by atoms with E-state index in [9.17, 15) is 0 Å². The first-order chi connectivity index (χ1) is 9.63. The van der Waals surface area contributed by atoms with Crippen molar-refractivity contribution in [2.24, 2.45) is 0 Å². The molecule has 20 heavy (non-hydrogen) atoms. The van der Waals surface area contributed by atoms with Crippen molar-refractivity contribution in [1.82, 2.24) is 0 Å². The highest BCUT2D eigenvalue weighted by molar-refractivity contribution is 9.10. The molecule has 0 amide bonds. The highest BCUT2D eigenvalue weighted by Crippen LogP contribution is 2.41. The van der Waals surface area contributed by atoms with Gasteiger partial charge >= 0.3 is 0 Å². The van der Waals surface area contributed by atoms with E-state index in [0.29, 0.717) is 12.0 Å². The lowest BCUT2D eigenvalue weighted by atomic mass is 9.76. The summed E-state index contributed by atoms with van der Waals surface area (Å²) in [6.45, 7) is 2.10. The second-order valence-electron chi connectivity index (χ2n) is 5.51. The molecule has 0 unspecified atom stereocenters. The first-order valence-electron chi connectivity index (χ1n) is 6.90. The zero-order chi connectivity index (χ0) is 14.1. The zero-order valence-corrected chi connectivity index (χ0v) is 13.7. The van der Waals surface area contributed by atoms with Crippen molar-refractivity contribution >= 4 is 33.2 Å². The summed E-state index contributed by atoms with van der Waals surface area (Å²) >= 11 is 9.87. The van der Waals surface area contributed by atoms with E-state index in [4.69, 9.17) is 11.6 Å². The summed E-state index contributed by atoms with van der Waals surface area (Å²) in [6.07, 6.45) is 2.29. The molecule has 0 saturated heterocycles. The van der Waals surface area contributed by atoms with Crippen molar-refractivity contribution in [2.45, 2.75) is 31.7 Å². The van der Waals surface area contributed by atoms with Gasteiger partial charge in [0, 0.05) is 21.2 Å². The van der Waals surface area contributed by atoms with Gasteiger partial charge in [-0.05, 0) is 70.9 Å². The molecule has 1 N–H and O–H groups in total. The van der Waals surface area contributed by atoms with E-state index in [1.54, 1.807) is 0 Å². The van der Waals surface area contributed by atoms with E-state index in [-0.39, 0.29) is 0 Å². The SMILES string of the molecule is Cc1ccc(NC2CC(c3ccccc3Cl)C2)c(Br)c1. The minimum absolute atomic E-state index is 0.537. The van der Waals surface area contributed by atoms with Crippen LogP contribution < -0.4 is 5.32 Å². The van der Waals surface area contributed by atoms with Crippen LogP contribution in [0, 0.1) is 6.92 Å². The molecule has 0 atom stereocenters. The molecule has 0 heterocycles. The van der Waals surface area contributed by atoms with Crippen molar-refractivity contribution in [1.29, 1.82) is 0 Å². The van der Waals surface area contributed by atoms with Gasteiger partial charge in [0.2, 0.25) is 0 Å². The predicted octanol–water partition coefficient (Wildman–Crippen LogP) is 5.77. The van der Waals surface area contributed by atoms with Crippen LogP contribution in [0.1, 0.15) is 29.9 Å². The van der Waals surface area contributed by atoms with Gasteiger partial charge in [-0.2, -0.15) is 0 Å². The van der Waals surface area contributed by atoms with Crippen LogP contribution in [0.4, 0.5) is 5.69 Å². The number of benzene rings is 2. The largest absolute Gasteiger partial charge is 0.381 e. The molecule has 0 aliphatic heterocycles. The molecular weight excluding hydrogens is 334 g/mol. The van der Waals surface area contributed by atoms with Gasteiger partial charge in [-0.15, -0.1) is 0 Å². The Labute approximate surface area is 133 Å². The average molecular weight is 351 g/mol. The molecule has 2 aromatic carbocycles. The van der Waals surface area contributed by atoms with Crippen molar-refractivity contribution in [3.05, 3.63) is 63.1 Å². The highest BCUT2D eigenvalue weighted by atomic mass is 79.9. The molecule has 1 nitrogen and oxygen atoms in total. The Morgan fingerprint density at radius 1 is 1.15 bits per heavy atom. The maximum absolute atomic E-state index is 6.25. The van der Waals surface area contributed by atoms with Crippen LogP contribution in [0.15, 0.2) is 46.9 Å². The van der Waals surface area contributed by atoms with E-state index < -0.39 is 0 Å². The number of halogens is 2. The van der Waals surface area contributed by atoms with E-state index in [0.717, 1.165) is 22.3 Å². The van der Waals surface area contributed by atoms with Crippen molar-refractivity contribution < 1.29 is 0 Å². The van der Waals surface area contributed by atoms with Gasteiger partial charge < -0.3 is 5.32 Å². The van der Waals surface area contributed by atoms with Gasteiger partial charge in [-0.3, -0.25) is 0 Å². The Bertz CT molecular complexity index is 620. The normalized spacial score (nSPS) is 21.4. The summed E-state index contributed by atoms with van der Waals surface area (Å²) < 4.78 is 1.14. The van der Waals surface area contributed by atoms with Gasteiger partial charge in [-0.25, -0.2) is 0 Å². The first kappa shape index (κ1) is 14.0. The van der Waals surface area contributed by atoms with Crippen LogP contribution in [0.5, 0.6) is 0 Å². The molecular formula is C17H17BrClN. The Kier molecular flexibility index (Phi) is 4.04. The van der Waals surface area contributed by atoms with Gasteiger partial charge in [-0.1, -0.05) is 35.9 Å². The summed E-state index contributed by atoms with van der Waals surface area (Å²) in [4.78, 5) is 0. The fraction of sp³-hybridized carbons (Fsp3) is 0.294. The molecule has 0 radical (unpaired) electrons. The maximum atomic E-state index is 6.25. The van der Waals surface area contributed by atoms with E-state index >= 15 is 0 Å². The van der Waals surface area contributed by atoms with Gasteiger partial charge in [0.1, 0.15) is 0 Å². The number of rotatable bonds is 3. The molecule has 0 spiro atoms. The molecule has 104 valence electrons. The van der Waals surface area contributed by atoms with Gasteiger partial charge in [0.05, 0.1) is 0 Å². The molecule has 2 aromatic rings. The third-order valence-corrected chi connectivity index (χ3v) is 4.97. The second kappa shape index (κ2) is 5.79. The summed E-state index contributed by atoms with van der Waals surface area (Å²) in [5.41, 5.74) is 3.73. The van der Waals surface area contributed by atoms with E-state index in [1.165, 1.54) is 16.8 Å². The third-order valence-electron chi connectivity index (χ3n) is 3.97. The van der Waals surface area contributed by atoms with Crippen LogP contribution in [-0.4, -0.2) is 6.04 Å². The van der Waals surface area contributed by atoms with E-state index in [2.05, 4.69) is 58.5 Å². The Hall–Kier alpha value is -0.990. The molecule has 1 saturated carbocycles. The van der Waals surface area contributed by atoms with Crippen LogP contribution in [-0.2, 0) is 0 Å². The first-order valence-corrected chi connectivity index (χ1v) is 8.07. The predicted molar refractivity (Wildman–Crippen MR) is 89.7 cm³/mol. The minimum Gasteiger partial charge on any atom is -0.381 e. The minimum atomic E-state index is 0.537. The number of aryl methyl sites for hydroxylation is 1. The maximum Gasteiger partial charge on any atom is 0.0486 e. The summed E-state index contributed by atoms with van der Waals surface area (Å²) in [5, 5.41) is 4.50. The topological polar surface area (TPSA) is 12.0 Å². The molecule has 1 aliphatic carbocycles. The fourth-order valence-electron chi connectivity index (χ4n) is 2.75. The van der Waals surface area contributed by atoms with Crippen molar-refractivity contribution in [3.8, 4) is 0 Å². The average Bonchev–Trinajstić information content (AvgIpc) is 2.37. The smallest absolute Gasteiger partial charge is 0.0486 e. The monoisotopic (exact) mass is 349 g/mol. The summed E-state index contributed by atoms with van der Waals surface area (Å²) in [6, 6.07) is 15.1. The Morgan fingerprint density at radius 2 is 1.90 bits per heavy atom. The fourth-order valence-corrected chi connectivity index (χ4v) is 3.65. The molecule has 1 aliphatic rings. The summed E-state index contributed by atoms with van der Waals surface area (Å²) in [7, 11) is 0. The number of hydrogen-bond acceptors (Lipinski definition) is 1. The van der Waals surface area contributed by atoms with Crippen LogP contribution in [0.2, 0.25) is 5.02 Å². The number of hydrogen-bond donors (Lipinski definition) is 1. The lowest BCUT2D eigenvalue weighted by Gasteiger charge is -2.37. The van der Waals surface area contributed by atoms with E-state index in [1.807, 2.05) is 12.1 Å². The Morgan fingerprint density at radius 3 is 2.60 bits per heavy atom. The highest BCUT2D eigenvalue weighted by Gasteiger charge is 2.31. The Balaban J connectivity index is 1.62. The van der Waals surface area contributed by atoms with Crippen LogP contribution in [0.25, 0.3) is 0 Å². The summed E-state index contributed by atoms with van der Waals surface area (Å²) in [5.74, 6) is 0.588. The molecule has 1 fully saturated rings. The standard InChI is InChI=1S/C17H17BrClN/c1-11-6-7-17(15(18)8-11)20-13-9-12(10-13)14-4-2-3-5-16(14)19/h2-8,12-13,20H,9-10H2,1H3. The number of anilines is 1. The van der Waals surface area contributed by atoms with Crippen molar-refractivity contribution in [2.75, 3.05) is 5.32 Å². The zero-order valence-electron chi connectivity index (χ0n) is 11.4. The van der Waals surface area contributed by atoms with Crippen LogP contribution in [0.3, 0.4) is 0 Å². The lowest BCUT2D eigenvalue weighted by molar-refractivity contribution is 0.374. The van der Waals surface area contributed by atoms with Gasteiger partial charge in [0.15, 0.2) is 0 Å². The molecule has 3 heteroatoms.